The standard InChI is InChI=1S/C74H117F5N12O12/c1-15-46(6)62-70(101)85(10)42-60(94)86(11)53-24-17-16-20-33-90(69(53)100)57(38-47-27-25-44(4)26-28-47)68(99)84(9)41-58(92)80-52(30-29-48-36-50(75)61(51(76)37-48)74(77,78)79)66(97)91-40-45(5)35-55(91)65(96)82-73(31-21-32-73)72(103)89(14)63(49-22-18-19-23-49)71(102)88(13)56(67(98)83(7)8)39-59(93)87(12)54(34-43(2)3)64(95)81-62/h16-17,43-57,61-63H,15,18-42H2,1-14H3,(H,80,92)(H,81,95)(H,82,96)/b17-16-/t44?,45-,46-,47?,48?,50?,51?,52-,53-,54-,55-,56-,57-,61?,62-,63-/m0/s1. The van der Waals surface area contributed by atoms with Gasteiger partial charge in [0.2, 0.25) is 70.9 Å². The van der Waals surface area contributed by atoms with E-state index in [1.54, 1.807) is 19.9 Å². The molecule has 0 aromatic heterocycles. The minimum Gasteiger partial charge on any atom is -0.347 e. The van der Waals surface area contributed by atoms with Crippen LogP contribution in [0.15, 0.2) is 12.2 Å². The fourth-order valence-corrected chi connectivity index (χ4v) is 16.7. The van der Waals surface area contributed by atoms with Gasteiger partial charge in [0.1, 0.15) is 72.1 Å². The van der Waals surface area contributed by atoms with Crippen LogP contribution in [0, 0.1) is 47.3 Å². The number of halogens is 5. The summed E-state index contributed by atoms with van der Waals surface area (Å²) in [7, 11) is 11.4. The number of alkyl halides is 5. The molecule has 24 nitrogen and oxygen atoms in total. The molecule has 1 spiro atoms. The van der Waals surface area contributed by atoms with Crippen molar-refractivity contribution in [2.24, 2.45) is 47.3 Å². The number of fused-ring (bicyclic) bond motifs is 3. The minimum absolute atomic E-state index is 0.0216. The molecular formula is C74H117F5N12O12. The van der Waals surface area contributed by atoms with Gasteiger partial charge in [-0.2, -0.15) is 13.2 Å². The van der Waals surface area contributed by atoms with Crippen LogP contribution in [-0.4, -0.2) is 270 Å². The SMILES string of the molecule is CC[C@H](C)[C@@H]1NC(=O)[C@H](CC(C)C)N(C)C(=O)C[C@@H](C(=O)N(C)C)N(C)C(=O)[C@H](C2CCCC2)N(C)C(=O)C2(CCC2)NC(=O)[C@@H]2C[C@H](C)CN2C(=O)[C@H](CCC2CC(F)C(C(F)(F)F)C(F)C2)NC(=O)CN(C)C(=O)[C@H](CC2CCC(C)CC2)N2CC/C=C\C[C@@H](C2=O)N(C)C(=O)CN(C)C1=O. The van der Waals surface area contributed by atoms with Crippen molar-refractivity contribution in [2.75, 3.05) is 82.6 Å². The molecule has 103 heavy (non-hydrogen) atoms. The van der Waals surface area contributed by atoms with Crippen molar-refractivity contribution in [1.82, 2.24) is 60.0 Å². The summed E-state index contributed by atoms with van der Waals surface area (Å²) in [6, 6.07) is -10.3. The summed E-state index contributed by atoms with van der Waals surface area (Å²) in [6.45, 7) is 9.93. The number of hydrogen-bond acceptors (Lipinski definition) is 12. The molecule has 2 saturated heterocycles. The Morgan fingerprint density at radius 1 is 0.641 bits per heavy atom. The first-order valence-electron chi connectivity index (χ1n) is 37.6. The predicted molar refractivity (Wildman–Crippen MR) is 374 cm³/mol. The van der Waals surface area contributed by atoms with Crippen molar-refractivity contribution in [1.29, 1.82) is 0 Å². The Morgan fingerprint density at radius 2 is 1.26 bits per heavy atom. The number of nitrogens with zero attached hydrogens (tertiary/aromatic N) is 9. The molecule has 0 aromatic rings. The van der Waals surface area contributed by atoms with Crippen LogP contribution in [0.5, 0.6) is 0 Å². The van der Waals surface area contributed by atoms with Gasteiger partial charge in [0.15, 0.2) is 0 Å². The lowest BCUT2D eigenvalue weighted by Crippen LogP contribution is -2.68. The molecule has 3 aliphatic heterocycles. The van der Waals surface area contributed by atoms with Gasteiger partial charge in [0, 0.05) is 69.5 Å². The van der Waals surface area contributed by atoms with Crippen LogP contribution in [0.4, 0.5) is 22.0 Å². The van der Waals surface area contributed by atoms with Gasteiger partial charge in [0.25, 0.3) is 0 Å². The third-order valence-corrected chi connectivity index (χ3v) is 23.6. The molecule has 12 amide bonds. The van der Waals surface area contributed by atoms with Gasteiger partial charge in [-0.15, -0.1) is 0 Å². The molecule has 0 aromatic carbocycles. The van der Waals surface area contributed by atoms with Crippen LogP contribution in [0.25, 0.3) is 0 Å². The number of amides is 12. The van der Waals surface area contributed by atoms with E-state index in [1.807, 2.05) is 26.8 Å². The first-order valence-corrected chi connectivity index (χ1v) is 37.6. The smallest absolute Gasteiger partial charge is 0.347 e. The highest BCUT2D eigenvalue weighted by Gasteiger charge is 2.56. The molecule has 29 heteroatoms. The van der Waals surface area contributed by atoms with Gasteiger partial charge in [0.05, 0.1) is 19.5 Å². The first kappa shape index (κ1) is 83.3. The number of likely N-dealkylation sites (N-methyl/N-ethyl adjacent to an activating group) is 7. The Labute approximate surface area is 605 Å². The second-order valence-electron chi connectivity index (χ2n) is 32.0. The number of carbonyl (C=O) groups is 12. The molecule has 2 unspecified atom stereocenters. The summed E-state index contributed by atoms with van der Waals surface area (Å²) < 4.78 is 72.6. The zero-order valence-electron chi connectivity index (χ0n) is 63.2. The number of carbonyl (C=O) groups excluding carboxylic acids is 12. The van der Waals surface area contributed by atoms with E-state index < -0.39 is 199 Å². The molecular weight excluding hydrogens is 1340 g/mol. The van der Waals surface area contributed by atoms with Crippen molar-refractivity contribution in [2.45, 2.75) is 255 Å². The van der Waals surface area contributed by atoms with Crippen molar-refractivity contribution >= 4 is 70.9 Å². The van der Waals surface area contributed by atoms with Crippen LogP contribution < -0.4 is 16.0 Å². The fourth-order valence-electron chi connectivity index (χ4n) is 16.7. The molecule has 3 heterocycles. The average molecular weight is 1460 g/mol. The highest BCUT2D eigenvalue weighted by molar-refractivity contribution is 6.01. The summed E-state index contributed by atoms with van der Waals surface area (Å²) in [5.41, 5.74) is -1.60. The average Bonchev–Trinajstić information content (AvgIpc) is 1.69. The Morgan fingerprint density at radius 3 is 1.83 bits per heavy atom. The summed E-state index contributed by atoms with van der Waals surface area (Å²) in [6.07, 6.45) is -1.85. The van der Waals surface area contributed by atoms with E-state index in [0.29, 0.717) is 50.9 Å². The zero-order chi connectivity index (χ0) is 76.4. The van der Waals surface area contributed by atoms with E-state index in [-0.39, 0.29) is 82.2 Å². The Balaban J connectivity index is 1.30. The van der Waals surface area contributed by atoms with E-state index in [0.717, 1.165) is 40.4 Å². The van der Waals surface area contributed by atoms with Crippen LogP contribution >= 0.6 is 0 Å². The summed E-state index contributed by atoms with van der Waals surface area (Å²) in [5, 5.41) is 8.61. The second-order valence-corrected chi connectivity index (χ2v) is 32.0. The highest BCUT2D eigenvalue weighted by atomic mass is 19.4. The van der Waals surface area contributed by atoms with Crippen LogP contribution in [0.1, 0.15) is 183 Å². The van der Waals surface area contributed by atoms with Crippen molar-refractivity contribution in [3.63, 3.8) is 0 Å². The maximum atomic E-state index is 15.5. The summed E-state index contributed by atoms with van der Waals surface area (Å²) in [4.78, 5) is 192. The van der Waals surface area contributed by atoms with E-state index in [9.17, 15) is 41.9 Å². The highest BCUT2D eigenvalue weighted by Crippen LogP contribution is 2.45. The third kappa shape index (κ3) is 20.1. The topological polar surface area (TPSA) is 270 Å². The molecule has 580 valence electrons. The fraction of sp³-hybridized carbons (Fsp3) is 0.811. The summed E-state index contributed by atoms with van der Waals surface area (Å²) in [5.74, 6) is -13.2. The lowest BCUT2D eigenvalue weighted by Gasteiger charge is -2.46. The van der Waals surface area contributed by atoms with E-state index in [2.05, 4.69) is 22.9 Å². The maximum absolute atomic E-state index is 15.5. The van der Waals surface area contributed by atoms with Crippen LogP contribution in [0.3, 0.4) is 0 Å². The second kappa shape index (κ2) is 35.9. The van der Waals surface area contributed by atoms with Crippen molar-refractivity contribution in [3.8, 4) is 0 Å². The monoisotopic (exact) mass is 1460 g/mol. The van der Waals surface area contributed by atoms with Gasteiger partial charge >= 0.3 is 6.18 Å². The third-order valence-electron chi connectivity index (χ3n) is 23.6. The molecule has 4 aliphatic carbocycles. The Bertz CT molecular complexity index is 3070. The lowest BCUT2D eigenvalue weighted by molar-refractivity contribution is -0.219. The zero-order valence-corrected chi connectivity index (χ0v) is 63.2. The predicted octanol–water partition coefficient (Wildman–Crippen LogP) is 6.04. The number of hydrogen-bond donors (Lipinski definition) is 3. The normalized spacial score (nSPS) is 32.8. The van der Waals surface area contributed by atoms with Gasteiger partial charge in [-0.05, 0) is 131 Å². The molecule has 0 radical (unpaired) electrons. The molecule has 2 bridgehead atoms. The lowest BCUT2D eigenvalue weighted by atomic mass is 9.74. The Kier molecular flexibility index (Phi) is 29.0. The molecule has 3 N–H and O–H groups in total. The van der Waals surface area contributed by atoms with Crippen LogP contribution in [-0.2, 0) is 57.5 Å². The molecule has 7 rings (SSSR count). The van der Waals surface area contributed by atoms with E-state index >= 15 is 37.5 Å². The van der Waals surface area contributed by atoms with E-state index in [1.165, 1.54) is 85.8 Å². The molecule has 6 fully saturated rings. The quantitative estimate of drug-likeness (QED) is 0.158. The van der Waals surface area contributed by atoms with Gasteiger partial charge in [-0.25, -0.2) is 8.78 Å². The van der Waals surface area contributed by atoms with Crippen molar-refractivity contribution < 1.29 is 79.5 Å². The minimum atomic E-state index is -5.16. The maximum Gasteiger partial charge on any atom is 0.397 e. The van der Waals surface area contributed by atoms with E-state index in [4.69, 9.17) is 0 Å². The first-order chi connectivity index (χ1) is 48.3. The van der Waals surface area contributed by atoms with Gasteiger partial charge < -0.3 is 60.0 Å². The van der Waals surface area contributed by atoms with Crippen LogP contribution in [0.2, 0.25) is 0 Å². The summed E-state index contributed by atoms with van der Waals surface area (Å²) >= 11 is 0. The Hall–Kier alpha value is -6.97. The largest absolute Gasteiger partial charge is 0.397 e. The molecule has 4 saturated carbocycles. The number of nitrogens with one attached hydrogen (secondary N) is 3. The van der Waals surface area contributed by atoms with Gasteiger partial charge in [-0.1, -0.05) is 98.6 Å². The molecule has 7 aliphatic rings. The van der Waals surface area contributed by atoms with Gasteiger partial charge in [-0.3, -0.25) is 57.5 Å². The molecule has 12 atom stereocenters. The number of rotatable bonds is 11. The van der Waals surface area contributed by atoms with Crippen molar-refractivity contribution in [3.05, 3.63) is 12.2 Å².